The lowest BCUT2D eigenvalue weighted by Gasteiger charge is -2.07. The highest BCUT2D eigenvalue weighted by molar-refractivity contribution is 5.77. The van der Waals surface area contributed by atoms with E-state index >= 15 is 0 Å². The number of aliphatic hydroxyl groups is 1. The molecule has 1 N–H and O–H groups in total. The molecule has 1 atom stereocenters. The van der Waals surface area contributed by atoms with Gasteiger partial charge in [0, 0.05) is 0 Å². The first-order valence-corrected chi connectivity index (χ1v) is 4.06. The first-order chi connectivity index (χ1) is 5.63. The number of aliphatic hydroxyl groups excluding tert-OH is 1. The number of rotatable bonds is 4. The number of methoxy groups -OCH3 is 1. The molecule has 0 aromatic heterocycles. The largest absolute Gasteiger partial charge is 0.467 e. The molecule has 0 amide bonds. The number of carbonyl (C=O) groups is 1. The van der Waals surface area contributed by atoms with Crippen molar-refractivity contribution in [1.29, 1.82) is 0 Å². The van der Waals surface area contributed by atoms with Gasteiger partial charge in [-0.3, -0.25) is 0 Å². The highest BCUT2D eigenvalue weighted by atomic mass is 16.5. The molecule has 0 radical (unpaired) electrons. The Hall–Kier alpha value is -0.830. The van der Waals surface area contributed by atoms with Gasteiger partial charge in [0.25, 0.3) is 0 Å². The molecule has 0 aliphatic carbocycles. The molecular formula is C9H16O3. The molecule has 0 aromatic carbocycles. The van der Waals surface area contributed by atoms with E-state index in [1.807, 2.05) is 13.0 Å². The average molecular weight is 172 g/mol. The zero-order valence-electron chi connectivity index (χ0n) is 7.83. The third kappa shape index (κ3) is 3.53. The van der Waals surface area contributed by atoms with Crippen LogP contribution in [0, 0.1) is 0 Å². The molecule has 0 bridgehead atoms. The van der Waals surface area contributed by atoms with Crippen LogP contribution in [0.25, 0.3) is 0 Å². The fraction of sp³-hybridized carbons (Fsp3) is 0.667. The quantitative estimate of drug-likeness (QED) is 0.513. The van der Waals surface area contributed by atoms with Crippen LogP contribution in [0.1, 0.15) is 26.7 Å². The van der Waals surface area contributed by atoms with Gasteiger partial charge in [0.05, 0.1) is 7.11 Å². The van der Waals surface area contributed by atoms with Crippen molar-refractivity contribution in [3.8, 4) is 0 Å². The normalized spacial score (nSPS) is 14.2. The molecule has 0 fully saturated rings. The molecule has 12 heavy (non-hydrogen) atoms. The maximum absolute atomic E-state index is 10.8. The summed E-state index contributed by atoms with van der Waals surface area (Å²) >= 11 is 0. The summed E-state index contributed by atoms with van der Waals surface area (Å²) in [5, 5.41) is 9.27. The van der Waals surface area contributed by atoms with Crippen LogP contribution in [-0.2, 0) is 9.53 Å². The summed E-state index contributed by atoms with van der Waals surface area (Å²) in [5.41, 5.74) is 0.656. The van der Waals surface area contributed by atoms with Crippen molar-refractivity contribution in [3.05, 3.63) is 11.6 Å². The van der Waals surface area contributed by atoms with Crippen LogP contribution in [-0.4, -0.2) is 24.3 Å². The molecule has 0 saturated carbocycles. The van der Waals surface area contributed by atoms with Crippen LogP contribution in [0.15, 0.2) is 11.6 Å². The van der Waals surface area contributed by atoms with E-state index < -0.39 is 12.1 Å². The summed E-state index contributed by atoms with van der Waals surface area (Å²) in [6.45, 7) is 3.76. The van der Waals surface area contributed by atoms with Crippen LogP contribution in [0.3, 0.4) is 0 Å². The minimum absolute atomic E-state index is 0.597. The number of allylic oxidation sites excluding steroid dienone is 1. The van der Waals surface area contributed by atoms with E-state index in [-0.39, 0.29) is 0 Å². The molecule has 0 aliphatic heterocycles. The second kappa shape index (κ2) is 5.77. The second-order valence-electron chi connectivity index (χ2n) is 2.66. The van der Waals surface area contributed by atoms with Gasteiger partial charge in [-0.15, -0.1) is 0 Å². The third-order valence-electron chi connectivity index (χ3n) is 1.61. The van der Waals surface area contributed by atoms with Gasteiger partial charge in [0.15, 0.2) is 6.10 Å². The van der Waals surface area contributed by atoms with Gasteiger partial charge in [-0.05, 0) is 18.9 Å². The fourth-order valence-corrected chi connectivity index (χ4v) is 0.781. The molecule has 70 valence electrons. The number of carbonyl (C=O) groups excluding carboxylic acids is 1. The smallest absolute Gasteiger partial charge is 0.339 e. The highest BCUT2D eigenvalue weighted by Crippen LogP contribution is 2.05. The van der Waals surface area contributed by atoms with E-state index in [1.54, 1.807) is 6.92 Å². The minimum atomic E-state index is -1.10. The third-order valence-corrected chi connectivity index (χ3v) is 1.61. The molecule has 0 aliphatic rings. The molecule has 1 unspecified atom stereocenters. The van der Waals surface area contributed by atoms with Crippen molar-refractivity contribution in [2.75, 3.05) is 7.11 Å². The van der Waals surface area contributed by atoms with Crippen LogP contribution in [0.5, 0.6) is 0 Å². The fourth-order valence-electron chi connectivity index (χ4n) is 0.781. The van der Waals surface area contributed by atoms with Crippen LogP contribution in [0.4, 0.5) is 0 Å². The van der Waals surface area contributed by atoms with E-state index in [1.165, 1.54) is 7.11 Å². The summed E-state index contributed by atoms with van der Waals surface area (Å²) in [7, 11) is 1.26. The number of hydrogen-bond acceptors (Lipinski definition) is 3. The van der Waals surface area contributed by atoms with Crippen molar-refractivity contribution >= 4 is 5.97 Å². The van der Waals surface area contributed by atoms with Crippen LogP contribution < -0.4 is 0 Å². The Bertz CT molecular complexity index is 173. The number of esters is 1. The predicted molar refractivity (Wildman–Crippen MR) is 46.7 cm³/mol. The molecule has 0 heterocycles. The summed E-state index contributed by atoms with van der Waals surface area (Å²) in [4.78, 5) is 10.8. The van der Waals surface area contributed by atoms with E-state index in [0.29, 0.717) is 5.57 Å². The Balaban J connectivity index is 4.08. The summed E-state index contributed by atoms with van der Waals surface area (Å²) in [5.74, 6) is -0.597. The SMILES string of the molecule is CCC/C=C(\C)C(O)C(=O)OC. The molecule has 3 nitrogen and oxygen atoms in total. The highest BCUT2D eigenvalue weighted by Gasteiger charge is 2.16. The molecule has 0 aromatic rings. The first-order valence-electron chi connectivity index (χ1n) is 4.06. The Labute approximate surface area is 73.0 Å². The monoisotopic (exact) mass is 172 g/mol. The van der Waals surface area contributed by atoms with Crippen molar-refractivity contribution < 1.29 is 14.6 Å². The molecule has 0 saturated heterocycles. The summed E-state index contributed by atoms with van der Waals surface area (Å²) in [6.07, 6.45) is 2.63. The summed E-state index contributed by atoms with van der Waals surface area (Å²) in [6, 6.07) is 0. The van der Waals surface area contributed by atoms with Gasteiger partial charge < -0.3 is 9.84 Å². The first kappa shape index (κ1) is 11.2. The topological polar surface area (TPSA) is 46.5 Å². The molecular weight excluding hydrogens is 156 g/mol. The van der Waals surface area contributed by atoms with Crippen molar-refractivity contribution in [2.24, 2.45) is 0 Å². The van der Waals surface area contributed by atoms with Gasteiger partial charge in [0.1, 0.15) is 0 Å². The van der Waals surface area contributed by atoms with Gasteiger partial charge in [0.2, 0.25) is 0 Å². The van der Waals surface area contributed by atoms with Gasteiger partial charge in [-0.25, -0.2) is 4.79 Å². The Morgan fingerprint density at radius 2 is 2.25 bits per heavy atom. The Kier molecular flexibility index (Phi) is 5.37. The molecule has 3 heteroatoms. The predicted octanol–water partition coefficient (Wildman–Crippen LogP) is 1.27. The number of unbranched alkanes of at least 4 members (excludes halogenated alkanes) is 1. The van der Waals surface area contributed by atoms with Crippen LogP contribution in [0.2, 0.25) is 0 Å². The molecule has 0 rings (SSSR count). The van der Waals surface area contributed by atoms with Gasteiger partial charge in [-0.1, -0.05) is 19.4 Å². The standard InChI is InChI=1S/C9H16O3/c1-4-5-6-7(2)8(10)9(11)12-3/h6,8,10H,4-5H2,1-3H3/b7-6+. The second-order valence-corrected chi connectivity index (χ2v) is 2.66. The lowest BCUT2D eigenvalue weighted by molar-refractivity contribution is -0.148. The maximum atomic E-state index is 10.8. The van der Waals surface area contributed by atoms with Crippen molar-refractivity contribution in [1.82, 2.24) is 0 Å². The van der Waals surface area contributed by atoms with E-state index in [9.17, 15) is 9.90 Å². The zero-order valence-corrected chi connectivity index (χ0v) is 7.83. The molecule has 0 spiro atoms. The summed E-state index contributed by atoms with van der Waals surface area (Å²) < 4.78 is 4.38. The van der Waals surface area contributed by atoms with E-state index in [0.717, 1.165) is 12.8 Å². The van der Waals surface area contributed by atoms with E-state index in [4.69, 9.17) is 0 Å². The zero-order chi connectivity index (χ0) is 9.56. The number of ether oxygens (including phenoxy) is 1. The van der Waals surface area contributed by atoms with Crippen LogP contribution >= 0.6 is 0 Å². The van der Waals surface area contributed by atoms with Crippen molar-refractivity contribution in [2.45, 2.75) is 32.8 Å². The van der Waals surface area contributed by atoms with Gasteiger partial charge in [-0.2, -0.15) is 0 Å². The Morgan fingerprint density at radius 3 is 2.67 bits per heavy atom. The maximum Gasteiger partial charge on any atom is 0.339 e. The van der Waals surface area contributed by atoms with E-state index in [2.05, 4.69) is 4.74 Å². The van der Waals surface area contributed by atoms with Gasteiger partial charge >= 0.3 is 5.97 Å². The average Bonchev–Trinajstić information content (AvgIpc) is 2.11. The lowest BCUT2D eigenvalue weighted by Crippen LogP contribution is -2.22. The number of hydrogen-bond donors (Lipinski definition) is 1. The van der Waals surface area contributed by atoms with Crippen molar-refractivity contribution in [3.63, 3.8) is 0 Å². The Morgan fingerprint density at radius 1 is 1.67 bits per heavy atom. The lowest BCUT2D eigenvalue weighted by atomic mass is 10.1. The minimum Gasteiger partial charge on any atom is -0.467 e.